The Balaban J connectivity index is 1.97. The summed E-state index contributed by atoms with van der Waals surface area (Å²) in [5, 5.41) is 8.66. The molecule has 18 heavy (non-hydrogen) atoms. The molecular formula is C11H20N6S. The van der Waals surface area contributed by atoms with Gasteiger partial charge in [-0.2, -0.15) is 26.8 Å². The first-order valence-corrected chi connectivity index (χ1v) is 7.39. The fourth-order valence-corrected chi connectivity index (χ4v) is 2.70. The number of thioether (sulfide) groups is 1. The van der Waals surface area contributed by atoms with Crippen LogP contribution in [0.4, 0.5) is 0 Å². The SMILES string of the molecule is CCn1nc(C)c(CN=C(N)N2CCSCC2)n1. The van der Waals surface area contributed by atoms with Crippen molar-refractivity contribution in [3.63, 3.8) is 0 Å². The van der Waals surface area contributed by atoms with Crippen molar-refractivity contribution >= 4 is 17.7 Å². The standard InChI is InChI=1S/C11H20N6S/c1-3-17-14-9(2)10(15-17)8-13-11(12)16-4-6-18-7-5-16/h3-8H2,1-2H3,(H2,12,13). The Hall–Kier alpha value is -1.24. The number of aromatic nitrogens is 3. The highest BCUT2D eigenvalue weighted by Gasteiger charge is 2.12. The molecule has 2 rings (SSSR count). The van der Waals surface area contributed by atoms with Crippen molar-refractivity contribution in [3.05, 3.63) is 11.4 Å². The van der Waals surface area contributed by atoms with E-state index in [1.54, 1.807) is 4.80 Å². The molecule has 100 valence electrons. The van der Waals surface area contributed by atoms with Crippen molar-refractivity contribution in [3.8, 4) is 0 Å². The molecule has 1 aromatic rings. The van der Waals surface area contributed by atoms with Crippen LogP contribution in [0.5, 0.6) is 0 Å². The number of rotatable bonds is 3. The minimum atomic E-state index is 0.515. The Morgan fingerprint density at radius 2 is 2.11 bits per heavy atom. The normalized spacial score (nSPS) is 17.2. The van der Waals surface area contributed by atoms with Crippen molar-refractivity contribution < 1.29 is 0 Å². The van der Waals surface area contributed by atoms with Gasteiger partial charge in [-0.15, -0.1) is 0 Å². The van der Waals surface area contributed by atoms with Gasteiger partial charge in [-0.25, -0.2) is 4.99 Å². The molecule has 2 N–H and O–H groups in total. The second-order valence-corrected chi connectivity index (χ2v) is 5.42. The average Bonchev–Trinajstić information content (AvgIpc) is 2.77. The topological polar surface area (TPSA) is 72.3 Å². The van der Waals surface area contributed by atoms with Crippen molar-refractivity contribution in [1.29, 1.82) is 0 Å². The van der Waals surface area contributed by atoms with Crippen molar-refractivity contribution in [2.75, 3.05) is 24.6 Å². The first kappa shape index (κ1) is 13.2. The number of hydrogen-bond donors (Lipinski definition) is 1. The monoisotopic (exact) mass is 268 g/mol. The molecular weight excluding hydrogens is 248 g/mol. The van der Waals surface area contributed by atoms with E-state index in [1.165, 1.54) is 0 Å². The van der Waals surface area contributed by atoms with Gasteiger partial charge < -0.3 is 10.6 Å². The molecule has 0 bridgehead atoms. The maximum absolute atomic E-state index is 6.00. The molecule has 1 aliphatic rings. The molecule has 1 fully saturated rings. The van der Waals surface area contributed by atoms with Crippen LogP contribution < -0.4 is 5.73 Å². The van der Waals surface area contributed by atoms with Gasteiger partial charge in [-0.3, -0.25) is 0 Å². The zero-order chi connectivity index (χ0) is 13.0. The smallest absolute Gasteiger partial charge is 0.191 e. The highest BCUT2D eigenvalue weighted by Crippen LogP contribution is 2.09. The fraction of sp³-hybridized carbons (Fsp3) is 0.727. The van der Waals surface area contributed by atoms with Crippen molar-refractivity contribution in [1.82, 2.24) is 19.9 Å². The van der Waals surface area contributed by atoms with Gasteiger partial charge in [0.1, 0.15) is 5.69 Å². The Kier molecular flexibility index (Phi) is 4.46. The maximum atomic E-state index is 6.00. The third-order valence-corrected chi connectivity index (χ3v) is 3.87. The van der Waals surface area contributed by atoms with Crippen LogP contribution in [0.15, 0.2) is 4.99 Å². The number of nitrogens with zero attached hydrogens (tertiary/aromatic N) is 5. The summed E-state index contributed by atoms with van der Waals surface area (Å²) in [6.07, 6.45) is 0. The molecule has 0 spiro atoms. The molecule has 0 aromatic carbocycles. The third kappa shape index (κ3) is 3.16. The summed E-state index contributed by atoms with van der Waals surface area (Å²) in [6.45, 7) is 7.25. The average molecular weight is 268 g/mol. The molecule has 0 atom stereocenters. The van der Waals surface area contributed by atoms with Gasteiger partial charge in [0.05, 0.1) is 18.8 Å². The lowest BCUT2D eigenvalue weighted by Gasteiger charge is -2.27. The predicted molar refractivity (Wildman–Crippen MR) is 74.7 cm³/mol. The highest BCUT2D eigenvalue weighted by molar-refractivity contribution is 7.99. The minimum absolute atomic E-state index is 0.515. The lowest BCUT2D eigenvalue weighted by molar-refractivity contribution is 0.455. The Bertz CT molecular complexity index is 421. The number of nitrogens with two attached hydrogens (primary N) is 1. The lowest BCUT2D eigenvalue weighted by atomic mass is 10.3. The van der Waals surface area contributed by atoms with E-state index in [0.29, 0.717) is 12.5 Å². The summed E-state index contributed by atoms with van der Waals surface area (Å²) in [6, 6.07) is 0. The molecule has 0 amide bonds. The summed E-state index contributed by atoms with van der Waals surface area (Å²) in [5.74, 6) is 2.88. The highest BCUT2D eigenvalue weighted by atomic mass is 32.2. The van der Waals surface area contributed by atoms with Gasteiger partial charge in [0, 0.05) is 24.6 Å². The number of aryl methyl sites for hydroxylation is 2. The first-order chi connectivity index (χ1) is 8.70. The summed E-state index contributed by atoms with van der Waals surface area (Å²) in [4.78, 5) is 8.25. The number of guanidine groups is 1. The molecule has 0 saturated carbocycles. The molecule has 1 aliphatic heterocycles. The lowest BCUT2D eigenvalue weighted by Crippen LogP contribution is -2.42. The zero-order valence-electron chi connectivity index (χ0n) is 11.0. The van der Waals surface area contributed by atoms with Crippen LogP contribution in [-0.4, -0.2) is 50.4 Å². The van der Waals surface area contributed by atoms with Crippen LogP contribution in [-0.2, 0) is 13.1 Å². The largest absolute Gasteiger partial charge is 0.370 e. The second kappa shape index (κ2) is 6.08. The Morgan fingerprint density at radius 3 is 2.72 bits per heavy atom. The van der Waals surface area contributed by atoms with E-state index >= 15 is 0 Å². The molecule has 2 heterocycles. The quantitative estimate of drug-likeness (QED) is 0.637. The Morgan fingerprint density at radius 1 is 1.39 bits per heavy atom. The van der Waals surface area contributed by atoms with Crippen LogP contribution in [0.25, 0.3) is 0 Å². The van der Waals surface area contributed by atoms with Crippen molar-refractivity contribution in [2.24, 2.45) is 10.7 Å². The molecule has 6 nitrogen and oxygen atoms in total. The first-order valence-electron chi connectivity index (χ1n) is 6.24. The van der Waals surface area contributed by atoms with Crippen LogP contribution >= 0.6 is 11.8 Å². The van der Waals surface area contributed by atoms with Gasteiger partial charge in [0.25, 0.3) is 0 Å². The number of hydrogen-bond acceptors (Lipinski definition) is 4. The van der Waals surface area contributed by atoms with Gasteiger partial charge in [-0.1, -0.05) is 0 Å². The molecule has 0 radical (unpaired) electrons. The van der Waals surface area contributed by atoms with E-state index in [2.05, 4.69) is 20.1 Å². The van der Waals surface area contributed by atoms with E-state index < -0.39 is 0 Å². The van der Waals surface area contributed by atoms with E-state index in [-0.39, 0.29) is 0 Å². The van der Waals surface area contributed by atoms with E-state index in [9.17, 15) is 0 Å². The van der Waals surface area contributed by atoms with Crippen LogP contribution in [0.1, 0.15) is 18.3 Å². The Labute approximate surface area is 112 Å². The van der Waals surface area contributed by atoms with E-state index in [0.717, 1.165) is 42.5 Å². The molecule has 0 aliphatic carbocycles. The summed E-state index contributed by atoms with van der Waals surface area (Å²) >= 11 is 1.96. The van der Waals surface area contributed by atoms with E-state index in [1.807, 2.05) is 25.6 Å². The van der Waals surface area contributed by atoms with Crippen LogP contribution in [0.3, 0.4) is 0 Å². The van der Waals surface area contributed by atoms with E-state index in [4.69, 9.17) is 5.73 Å². The summed E-state index contributed by atoms with van der Waals surface area (Å²) in [5.41, 5.74) is 7.84. The molecule has 7 heteroatoms. The van der Waals surface area contributed by atoms with Crippen LogP contribution in [0, 0.1) is 6.92 Å². The van der Waals surface area contributed by atoms with Crippen molar-refractivity contribution in [2.45, 2.75) is 26.9 Å². The number of aliphatic imine (C=N–C) groups is 1. The maximum Gasteiger partial charge on any atom is 0.191 e. The van der Waals surface area contributed by atoms with Gasteiger partial charge in [0.15, 0.2) is 5.96 Å². The molecule has 0 unspecified atom stereocenters. The fourth-order valence-electron chi connectivity index (χ4n) is 1.80. The summed E-state index contributed by atoms with van der Waals surface area (Å²) in [7, 11) is 0. The molecule has 1 saturated heterocycles. The second-order valence-electron chi connectivity index (χ2n) is 4.19. The summed E-state index contributed by atoms with van der Waals surface area (Å²) < 4.78 is 0. The zero-order valence-corrected chi connectivity index (χ0v) is 11.8. The third-order valence-electron chi connectivity index (χ3n) is 2.93. The van der Waals surface area contributed by atoms with Gasteiger partial charge >= 0.3 is 0 Å². The van der Waals surface area contributed by atoms with Gasteiger partial charge in [0.2, 0.25) is 0 Å². The minimum Gasteiger partial charge on any atom is -0.370 e. The predicted octanol–water partition coefficient (Wildman–Crippen LogP) is 0.470. The van der Waals surface area contributed by atoms with Crippen LogP contribution in [0.2, 0.25) is 0 Å². The molecule has 1 aromatic heterocycles. The van der Waals surface area contributed by atoms with Gasteiger partial charge in [-0.05, 0) is 13.8 Å².